The second-order valence-corrected chi connectivity index (χ2v) is 7.03. The molecule has 0 N–H and O–H groups in total. The Morgan fingerprint density at radius 2 is 2.20 bits per heavy atom. The lowest BCUT2D eigenvalue weighted by atomic mass is 9.78. The molecule has 6 heteroatoms. The Morgan fingerprint density at radius 1 is 1.55 bits per heavy atom. The van der Waals surface area contributed by atoms with Crippen molar-refractivity contribution in [1.29, 1.82) is 5.26 Å². The predicted octanol–water partition coefficient (Wildman–Crippen LogP) is 2.70. The molecule has 0 atom stereocenters. The normalized spacial score (nSPS) is 17.1. The van der Waals surface area contributed by atoms with Crippen molar-refractivity contribution in [2.45, 2.75) is 31.8 Å². The number of carbonyl (C=O) groups excluding carboxylic acids is 1. The maximum atomic E-state index is 11.9. The first-order valence-corrected chi connectivity index (χ1v) is 7.35. The smallest absolute Gasteiger partial charge is 0.410 e. The number of pyridine rings is 1. The number of nitrogens with zero attached hydrogens (tertiary/aromatic N) is 3. The molecule has 0 aromatic carbocycles. The predicted molar refractivity (Wildman–Crippen MR) is 82.1 cm³/mol. The van der Waals surface area contributed by atoms with Gasteiger partial charge < -0.3 is 9.64 Å². The van der Waals surface area contributed by atoms with Crippen LogP contribution in [0.3, 0.4) is 0 Å². The molecule has 1 aliphatic rings. The fourth-order valence-corrected chi connectivity index (χ4v) is 2.94. The lowest BCUT2D eigenvalue weighted by Crippen LogP contribution is -2.61. The zero-order valence-electron chi connectivity index (χ0n) is 11.7. The average Bonchev–Trinajstić information content (AvgIpc) is 2.28. The Bertz CT molecular complexity index is 569. The van der Waals surface area contributed by atoms with Gasteiger partial charge in [-0.15, -0.1) is 0 Å². The largest absolute Gasteiger partial charge is 0.444 e. The maximum absolute atomic E-state index is 11.9. The van der Waals surface area contributed by atoms with Gasteiger partial charge in [0.2, 0.25) is 0 Å². The minimum absolute atomic E-state index is 0.325. The van der Waals surface area contributed by atoms with Crippen molar-refractivity contribution in [3.63, 3.8) is 0 Å². The number of ether oxygens (including phenoxy) is 1. The summed E-state index contributed by atoms with van der Waals surface area (Å²) in [6.07, 6.45) is 1.29. The molecule has 1 amide bonds. The molecular formula is C14H16IN3O2. The van der Waals surface area contributed by atoms with Gasteiger partial charge in [0.25, 0.3) is 0 Å². The molecule has 1 aromatic heterocycles. The number of likely N-dealkylation sites (tertiary alicyclic amines) is 1. The van der Waals surface area contributed by atoms with Crippen LogP contribution in [0.5, 0.6) is 0 Å². The van der Waals surface area contributed by atoms with Gasteiger partial charge in [0.05, 0.1) is 24.9 Å². The molecule has 0 bridgehead atoms. The molecule has 106 valence electrons. The van der Waals surface area contributed by atoms with Crippen LogP contribution in [-0.4, -0.2) is 34.7 Å². The van der Waals surface area contributed by atoms with Crippen molar-refractivity contribution in [1.82, 2.24) is 9.88 Å². The van der Waals surface area contributed by atoms with Crippen molar-refractivity contribution < 1.29 is 9.53 Å². The zero-order chi connectivity index (χ0) is 15.0. The van der Waals surface area contributed by atoms with Crippen molar-refractivity contribution in [2.24, 2.45) is 0 Å². The second-order valence-electron chi connectivity index (χ2n) is 5.86. The zero-order valence-corrected chi connectivity index (χ0v) is 13.8. The van der Waals surface area contributed by atoms with E-state index in [-0.39, 0.29) is 6.09 Å². The van der Waals surface area contributed by atoms with Crippen LogP contribution in [0.25, 0.3) is 0 Å². The van der Waals surface area contributed by atoms with Crippen LogP contribution in [0.15, 0.2) is 18.3 Å². The number of hydrogen-bond donors (Lipinski definition) is 0. The molecule has 2 rings (SSSR count). The van der Waals surface area contributed by atoms with E-state index in [4.69, 9.17) is 4.74 Å². The summed E-state index contributed by atoms with van der Waals surface area (Å²) in [5.41, 5.74) is -0.501. The summed E-state index contributed by atoms with van der Waals surface area (Å²) in [5.74, 6) is 0. The summed E-state index contributed by atoms with van der Waals surface area (Å²) < 4.78 is 6.24. The van der Waals surface area contributed by atoms with E-state index in [1.807, 2.05) is 32.9 Å². The highest BCUT2D eigenvalue weighted by atomic mass is 127. The average molecular weight is 385 g/mol. The molecule has 1 saturated heterocycles. The van der Waals surface area contributed by atoms with Gasteiger partial charge >= 0.3 is 6.09 Å². The quantitative estimate of drug-likeness (QED) is 0.698. The Labute approximate surface area is 132 Å². The van der Waals surface area contributed by atoms with Gasteiger partial charge in [-0.1, -0.05) is 0 Å². The number of rotatable bonds is 1. The number of carbonyl (C=O) groups is 1. The first-order valence-electron chi connectivity index (χ1n) is 6.28. The highest BCUT2D eigenvalue weighted by molar-refractivity contribution is 14.1. The third-order valence-electron chi connectivity index (χ3n) is 3.00. The van der Waals surface area contributed by atoms with Crippen LogP contribution in [-0.2, 0) is 10.2 Å². The lowest BCUT2D eigenvalue weighted by Gasteiger charge is -2.45. The molecule has 2 heterocycles. The first-order chi connectivity index (χ1) is 9.27. The van der Waals surface area contributed by atoms with E-state index in [1.165, 1.54) is 0 Å². The molecular weight excluding hydrogens is 369 g/mol. The van der Waals surface area contributed by atoms with E-state index in [2.05, 4.69) is 33.6 Å². The standard InChI is InChI=1S/C14H16IN3O2/c1-13(2,3)20-12(19)18-8-14(7-16,9-18)11-10(15)5-4-6-17-11/h4-6H,8-9H2,1-3H3. The molecule has 20 heavy (non-hydrogen) atoms. The third-order valence-corrected chi connectivity index (χ3v) is 3.87. The summed E-state index contributed by atoms with van der Waals surface area (Å²) in [6, 6.07) is 6.05. The highest BCUT2D eigenvalue weighted by Crippen LogP contribution is 2.35. The van der Waals surface area contributed by atoms with Crippen LogP contribution in [0.2, 0.25) is 0 Å². The van der Waals surface area contributed by atoms with E-state index >= 15 is 0 Å². The van der Waals surface area contributed by atoms with Crippen LogP contribution in [0, 0.1) is 14.9 Å². The van der Waals surface area contributed by atoms with E-state index < -0.39 is 11.0 Å². The maximum Gasteiger partial charge on any atom is 0.410 e. The molecule has 0 aliphatic carbocycles. The fraction of sp³-hybridized carbons (Fsp3) is 0.500. The molecule has 1 fully saturated rings. The van der Waals surface area contributed by atoms with Crippen LogP contribution >= 0.6 is 22.6 Å². The number of aromatic nitrogens is 1. The van der Waals surface area contributed by atoms with Crippen LogP contribution < -0.4 is 0 Å². The van der Waals surface area contributed by atoms with Gasteiger partial charge in [-0.25, -0.2) is 4.79 Å². The van der Waals surface area contributed by atoms with Crippen LogP contribution in [0.4, 0.5) is 4.79 Å². The first kappa shape index (κ1) is 15.0. The monoisotopic (exact) mass is 385 g/mol. The fourth-order valence-electron chi connectivity index (χ4n) is 2.07. The number of halogens is 1. The van der Waals surface area contributed by atoms with Crippen molar-refractivity contribution in [3.05, 3.63) is 27.6 Å². The summed E-state index contributed by atoms with van der Waals surface area (Å²) in [6.45, 7) is 6.12. The van der Waals surface area contributed by atoms with Gasteiger partial charge in [0.1, 0.15) is 11.0 Å². The number of hydrogen-bond acceptors (Lipinski definition) is 4. The topological polar surface area (TPSA) is 66.2 Å². The molecule has 0 unspecified atom stereocenters. The summed E-state index contributed by atoms with van der Waals surface area (Å²) in [4.78, 5) is 17.8. The number of amides is 1. The van der Waals surface area contributed by atoms with E-state index in [1.54, 1.807) is 11.1 Å². The van der Waals surface area contributed by atoms with Gasteiger partial charge in [-0.3, -0.25) is 4.98 Å². The van der Waals surface area contributed by atoms with Crippen molar-refractivity contribution in [2.75, 3.05) is 13.1 Å². The second kappa shape index (κ2) is 5.20. The van der Waals surface area contributed by atoms with E-state index in [0.717, 1.165) is 9.26 Å². The van der Waals surface area contributed by atoms with Crippen LogP contribution in [0.1, 0.15) is 26.5 Å². The Morgan fingerprint density at radius 3 is 2.70 bits per heavy atom. The van der Waals surface area contributed by atoms with E-state index in [0.29, 0.717) is 13.1 Å². The molecule has 0 radical (unpaired) electrons. The summed E-state index contributed by atoms with van der Waals surface area (Å²) in [5, 5.41) is 9.47. The van der Waals surface area contributed by atoms with Crippen molar-refractivity contribution in [3.8, 4) is 6.07 Å². The van der Waals surface area contributed by atoms with Gasteiger partial charge in [-0.2, -0.15) is 5.26 Å². The highest BCUT2D eigenvalue weighted by Gasteiger charge is 2.50. The Kier molecular flexibility index (Phi) is 3.91. The minimum Gasteiger partial charge on any atom is -0.444 e. The van der Waals surface area contributed by atoms with Gasteiger partial charge in [-0.05, 0) is 55.5 Å². The minimum atomic E-state index is -0.714. The Balaban J connectivity index is 2.12. The van der Waals surface area contributed by atoms with E-state index in [9.17, 15) is 10.1 Å². The molecule has 1 aliphatic heterocycles. The molecule has 1 aromatic rings. The SMILES string of the molecule is CC(C)(C)OC(=O)N1CC(C#N)(c2ncccc2I)C1. The molecule has 5 nitrogen and oxygen atoms in total. The summed E-state index contributed by atoms with van der Waals surface area (Å²) in [7, 11) is 0. The van der Waals surface area contributed by atoms with Gasteiger partial charge in [0.15, 0.2) is 0 Å². The third kappa shape index (κ3) is 2.87. The number of nitriles is 1. The van der Waals surface area contributed by atoms with Gasteiger partial charge in [0, 0.05) is 9.77 Å². The Hall–Kier alpha value is -1.36. The summed E-state index contributed by atoms with van der Waals surface area (Å²) >= 11 is 2.16. The molecule has 0 saturated carbocycles. The molecule has 0 spiro atoms. The lowest BCUT2D eigenvalue weighted by molar-refractivity contribution is -0.00111. The van der Waals surface area contributed by atoms with Crippen molar-refractivity contribution >= 4 is 28.7 Å².